The van der Waals surface area contributed by atoms with Crippen LogP contribution in [0.5, 0.6) is 0 Å². The van der Waals surface area contributed by atoms with Crippen molar-refractivity contribution in [2.75, 3.05) is 13.1 Å². The third kappa shape index (κ3) is 3.72. The summed E-state index contributed by atoms with van der Waals surface area (Å²) < 4.78 is 65.9. The van der Waals surface area contributed by atoms with Crippen LogP contribution < -0.4 is 0 Å². The third-order valence-electron chi connectivity index (χ3n) is 3.81. The molecule has 2 rings (SSSR count). The van der Waals surface area contributed by atoms with Gasteiger partial charge in [0.05, 0.1) is 18.2 Å². The average Bonchev–Trinajstić information content (AvgIpc) is 3.03. The van der Waals surface area contributed by atoms with Gasteiger partial charge in [-0.3, -0.25) is 4.79 Å². The quantitative estimate of drug-likeness (QED) is 0.847. The van der Waals surface area contributed by atoms with Gasteiger partial charge in [-0.2, -0.15) is 17.5 Å². The lowest BCUT2D eigenvalue weighted by Crippen LogP contribution is -2.34. The molecule has 7 nitrogen and oxygen atoms in total. The van der Waals surface area contributed by atoms with Crippen LogP contribution >= 0.6 is 0 Å². The summed E-state index contributed by atoms with van der Waals surface area (Å²) in [6.07, 6.45) is -2.25. The summed E-state index contributed by atoms with van der Waals surface area (Å²) in [5, 5.41) is 8.58. The van der Waals surface area contributed by atoms with Crippen LogP contribution in [0.4, 0.5) is 13.2 Å². The number of rotatable bonds is 5. The highest BCUT2D eigenvalue weighted by molar-refractivity contribution is 7.89. The molecule has 1 saturated heterocycles. The molecule has 1 aromatic heterocycles. The second kappa shape index (κ2) is 6.36. The van der Waals surface area contributed by atoms with Gasteiger partial charge in [-0.1, -0.05) is 13.8 Å². The van der Waals surface area contributed by atoms with Gasteiger partial charge in [0.15, 0.2) is 5.03 Å². The fourth-order valence-electron chi connectivity index (χ4n) is 2.67. The number of aromatic nitrogens is 2. The van der Waals surface area contributed by atoms with E-state index in [-0.39, 0.29) is 10.9 Å². The van der Waals surface area contributed by atoms with Crippen LogP contribution in [-0.4, -0.2) is 52.6 Å². The Bertz CT molecular complexity index is 714. The molecule has 24 heavy (non-hydrogen) atoms. The first-order chi connectivity index (χ1) is 10.9. The van der Waals surface area contributed by atoms with Gasteiger partial charge in [-0.05, 0) is 5.92 Å². The molecule has 1 N–H and O–H groups in total. The number of carboxylic acids is 1. The number of sulfonamides is 1. The summed E-state index contributed by atoms with van der Waals surface area (Å²) in [5.41, 5.74) is 0. The van der Waals surface area contributed by atoms with Gasteiger partial charge in [0.1, 0.15) is 0 Å². The highest BCUT2D eigenvalue weighted by Gasteiger charge is 2.55. The van der Waals surface area contributed by atoms with Crippen molar-refractivity contribution in [3.05, 3.63) is 12.5 Å². The highest BCUT2D eigenvalue weighted by atomic mass is 32.2. The first kappa shape index (κ1) is 18.7. The van der Waals surface area contributed by atoms with Crippen molar-refractivity contribution in [3.8, 4) is 0 Å². The summed E-state index contributed by atoms with van der Waals surface area (Å²) in [4.78, 5) is 14.8. The predicted molar refractivity (Wildman–Crippen MR) is 76.5 cm³/mol. The Morgan fingerprint density at radius 1 is 1.42 bits per heavy atom. The lowest BCUT2D eigenvalue weighted by atomic mass is 9.96. The second-order valence-corrected chi connectivity index (χ2v) is 8.10. The molecule has 136 valence electrons. The van der Waals surface area contributed by atoms with E-state index in [4.69, 9.17) is 5.11 Å². The van der Waals surface area contributed by atoms with E-state index in [0.29, 0.717) is 10.8 Å². The van der Waals surface area contributed by atoms with E-state index < -0.39 is 47.1 Å². The van der Waals surface area contributed by atoms with Gasteiger partial charge >= 0.3 is 12.1 Å². The standard InChI is InChI=1S/C13H18F3N3O4S/c1-8(2)3-18-6-11(17-7-18)24(22,23)19-4-9(12(20)21)10(5-19)13(14,15)16/h6-10H,3-5H2,1-2H3,(H,20,21)/t9-,10-/m1/s1. The van der Waals surface area contributed by atoms with Crippen molar-refractivity contribution in [1.82, 2.24) is 13.9 Å². The van der Waals surface area contributed by atoms with Crippen molar-refractivity contribution in [1.29, 1.82) is 0 Å². The number of aliphatic carboxylic acids is 1. The van der Waals surface area contributed by atoms with Gasteiger partial charge in [0.2, 0.25) is 0 Å². The molecule has 1 aliphatic rings. The number of hydrogen-bond donors (Lipinski definition) is 1. The molecule has 0 radical (unpaired) electrons. The normalized spacial score (nSPS) is 23.1. The van der Waals surface area contributed by atoms with Crippen LogP contribution in [0.3, 0.4) is 0 Å². The molecule has 0 aliphatic carbocycles. The van der Waals surface area contributed by atoms with Gasteiger partial charge in [0.25, 0.3) is 10.0 Å². The molecule has 1 aromatic rings. The number of halogens is 3. The minimum atomic E-state index is -4.79. The molecule has 2 atom stereocenters. The molecule has 1 fully saturated rings. The second-order valence-electron chi connectivity index (χ2n) is 6.22. The maximum atomic E-state index is 13.0. The summed E-state index contributed by atoms with van der Waals surface area (Å²) >= 11 is 0. The fraction of sp³-hybridized carbons (Fsp3) is 0.692. The Morgan fingerprint density at radius 2 is 2.04 bits per heavy atom. The largest absolute Gasteiger partial charge is 0.481 e. The molecule has 0 amide bonds. The van der Waals surface area contributed by atoms with E-state index in [0.717, 1.165) is 0 Å². The van der Waals surface area contributed by atoms with Crippen LogP contribution in [0, 0.1) is 17.8 Å². The number of imidazole rings is 1. The average molecular weight is 369 g/mol. The number of hydrogen-bond acceptors (Lipinski definition) is 4. The highest BCUT2D eigenvalue weighted by Crippen LogP contribution is 2.39. The molecule has 2 heterocycles. The number of carboxylic acid groups (broad SMARTS) is 1. The molecular formula is C13H18F3N3O4S. The molecular weight excluding hydrogens is 351 g/mol. The number of alkyl halides is 3. The lowest BCUT2D eigenvalue weighted by molar-refractivity contribution is -0.187. The van der Waals surface area contributed by atoms with E-state index in [2.05, 4.69) is 4.98 Å². The summed E-state index contributed by atoms with van der Waals surface area (Å²) in [6, 6.07) is 0. The maximum Gasteiger partial charge on any atom is 0.393 e. The van der Waals surface area contributed by atoms with Gasteiger partial charge in [-0.15, -0.1) is 0 Å². The first-order valence-electron chi connectivity index (χ1n) is 7.24. The molecule has 0 aromatic carbocycles. The molecule has 0 spiro atoms. The smallest absolute Gasteiger partial charge is 0.393 e. The first-order valence-corrected chi connectivity index (χ1v) is 8.68. The lowest BCUT2D eigenvalue weighted by Gasteiger charge is -2.18. The third-order valence-corrected chi connectivity index (χ3v) is 5.53. The Hall–Kier alpha value is -1.62. The van der Waals surface area contributed by atoms with E-state index in [1.165, 1.54) is 17.1 Å². The van der Waals surface area contributed by atoms with Crippen LogP contribution in [-0.2, 0) is 21.4 Å². The van der Waals surface area contributed by atoms with E-state index >= 15 is 0 Å². The zero-order valence-electron chi connectivity index (χ0n) is 13.1. The molecule has 0 saturated carbocycles. The van der Waals surface area contributed by atoms with Crippen LogP contribution in [0.1, 0.15) is 13.8 Å². The summed E-state index contributed by atoms with van der Waals surface area (Å²) in [5.74, 6) is -5.49. The van der Waals surface area contributed by atoms with Gasteiger partial charge in [0, 0.05) is 25.8 Å². The molecule has 0 unspecified atom stereocenters. The Morgan fingerprint density at radius 3 is 2.50 bits per heavy atom. The Balaban J connectivity index is 2.27. The number of nitrogens with zero attached hydrogens (tertiary/aromatic N) is 3. The van der Waals surface area contributed by atoms with Crippen LogP contribution in [0.25, 0.3) is 0 Å². The minimum Gasteiger partial charge on any atom is -0.481 e. The summed E-state index contributed by atoms with van der Waals surface area (Å²) in [7, 11) is -4.28. The Kier molecular flexibility index (Phi) is 4.96. The summed E-state index contributed by atoms with van der Waals surface area (Å²) in [6.45, 7) is 2.70. The number of carbonyl (C=O) groups is 1. The molecule has 1 aliphatic heterocycles. The van der Waals surface area contributed by atoms with Crippen molar-refractivity contribution in [2.24, 2.45) is 17.8 Å². The maximum absolute atomic E-state index is 13.0. The predicted octanol–water partition coefficient (Wildman–Crippen LogP) is 1.42. The monoisotopic (exact) mass is 369 g/mol. The van der Waals surface area contributed by atoms with E-state index in [1.807, 2.05) is 13.8 Å². The van der Waals surface area contributed by atoms with Gasteiger partial charge in [-0.25, -0.2) is 13.4 Å². The van der Waals surface area contributed by atoms with Crippen molar-refractivity contribution in [3.63, 3.8) is 0 Å². The van der Waals surface area contributed by atoms with Crippen LogP contribution in [0.2, 0.25) is 0 Å². The van der Waals surface area contributed by atoms with Crippen molar-refractivity contribution in [2.45, 2.75) is 31.6 Å². The zero-order valence-corrected chi connectivity index (χ0v) is 13.9. The molecule has 11 heteroatoms. The topological polar surface area (TPSA) is 92.5 Å². The van der Waals surface area contributed by atoms with E-state index in [9.17, 15) is 26.4 Å². The SMILES string of the molecule is CC(C)Cn1cnc(S(=O)(=O)N2C[C@@H](C(F)(F)F)[C@H](C(=O)O)C2)c1. The molecule has 0 bridgehead atoms. The van der Waals surface area contributed by atoms with Gasteiger partial charge < -0.3 is 9.67 Å². The zero-order chi connectivity index (χ0) is 18.3. The van der Waals surface area contributed by atoms with Crippen LogP contribution in [0.15, 0.2) is 17.6 Å². The Labute approximate surface area is 137 Å². The van der Waals surface area contributed by atoms with Crippen molar-refractivity contribution < 1.29 is 31.5 Å². The minimum absolute atomic E-state index is 0.229. The van der Waals surface area contributed by atoms with Crippen molar-refractivity contribution >= 4 is 16.0 Å². The fourth-order valence-corrected chi connectivity index (χ4v) is 4.10. The van der Waals surface area contributed by atoms with E-state index in [1.54, 1.807) is 0 Å².